The summed E-state index contributed by atoms with van der Waals surface area (Å²) in [5.41, 5.74) is 0. The molecule has 0 spiro atoms. The molecule has 1 heterocycles. The largest absolute Gasteiger partial charge is 0.488 e. The van der Waals surface area contributed by atoms with E-state index >= 15 is 0 Å². The average Bonchev–Trinajstić information content (AvgIpc) is 2.65. The Morgan fingerprint density at radius 1 is 1.31 bits per heavy atom. The van der Waals surface area contributed by atoms with E-state index in [2.05, 4.69) is 23.0 Å². The molecule has 2 nitrogen and oxygen atoms in total. The maximum atomic E-state index is 5.77. The van der Waals surface area contributed by atoms with Crippen molar-refractivity contribution in [3.63, 3.8) is 0 Å². The van der Waals surface area contributed by atoms with Crippen molar-refractivity contribution in [1.29, 1.82) is 0 Å². The fraction of sp³-hybridized carbons (Fsp3) is 0.538. The molecule has 0 radical (unpaired) electrons. The van der Waals surface area contributed by atoms with Crippen LogP contribution in [0.3, 0.4) is 0 Å². The lowest BCUT2D eigenvalue weighted by Crippen LogP contribution is -2.43. The third kappa shape index (κ3) is 3.22. The van der Waals surface area contributed by atoms with Gasteiger partial charge in [-0.2, -0.15) is 0 Å². The smallest absolute Gasteiger partial charge is 0.137 e. The van der Waals surface area contributed by atoms with E-state index < -0.39 is 0 Å². The predicted molar refractivity (Wildman–Crippen MR) is 69.7 cm³/mol. The molecule has 0 atom stereocenters. The van der Waals surface area contributed by atoms with Gasteiger partial charge in [-0.25, -0.2) is 0 Å². The van der Waals surface area contributed by atoms with Crippen molar-refractivity contribution in [2.75, 3.05) is 33.3 Å². The highest BCUT2D eigenvalue weighted by Gasteiger charge is 2.26. The highest BCUT2D eigenvalue weighted by molar-refractivity contribution is 9.10. The van der Waals surface area contributed by atoms with Crippen LogP contribution in [0.1, 0.15) is 12.8 Å². The van der Waals surface area contributed by atoms with Gasteiger partial charge in [0.05, 0.1) is 20.1 Å². The molecule has 1 aliphatic rings. The highest BCUT2D eigenvalue weighted by atomic mass is 79.9. The minimum atomic E-state index is 0.812. The molecule has 1 aliphatic heterocycles. The summed E-state index contributed by atoms with van der Waals surface area (Å²) in [6, 6.07) is 8.05. The summed E-state index contributed by atoms with van der Waals surface area (Å²) in [5, 5.41) is 0. The Labute approximate surface area is 106 Å². The fourth-order valence-electron chi connectivity index (χ4n) is 2.26. The molecule has 1 aromatic carbocycles. The van der Waals surface area contributed by atoms with Gasteiger partial charge in [0.25, 0.3) is 0 Å². The molecule has 0 amide bonds. The van der Waals surface area contributed by atoms with E-state index in [9.17, 15) is 0 Å². The molecule has 3 heteroatoms. The van der Waals surface area contributed by atoms with E-state index in [1.54, 1.807) is 0 Å². The second-order valence-corrected chi connectivity index (χ2v) is 5.72. The number of rotatable bonds is 4. The van der Waals surface area contributed by atoms with Gasteiger partial charge >= 0.3 is 0 Å². The quantitative estimate of drug-likeness (QED) is 0.773. The normalized spacial score (nSPS) is 18.6. The molecule has 88 valence electrons. The van der Waals surface area contributed by atoms with Crippen LogP contribution in [0.15, 0.2) is 28.7 Å². The predicted octanol–water partition coefficient (Wildman–Crippen LogP) is 3.07. The summed E-state index contributed by atoms with van der Waals surface area (Å²) in [7, 11) is 2.33. The van der Waals surface area contributed by atoms with Crippen LogP contribution in [-0.4, -0.2) is 37.8 Å². The molecular formula is C13H19BrNO+. The van der Waals surface area contributed by atoms with Crippen molar-refractivity contribution in [3.8, 4) is 5.75 Å². The maximum Gasteiger partial charge on any atom is 0.137 e. The van der Waals surface area contributed by atoms with Crippen LogP contribution in [0.4, 0.5) is 0 Å². The minimum Gasteiger partial charge on any atom is -0.488 e. The standard InChI is InChI=1S/C13H19BrNO/c1-15(7-2-3-8-15)9-10-16-13-6-4-5-12(14)11-13/h4-6,11H,2-3,7-10H2,1H3/q+1. The van der Waals surface area contributed by atoms with Gasteiger partial charge in [0.15, 0.2) is 0 Å². The Morgan fingerprint density at radius 2 is 2.06 bits per heavy atom. The van der Waals surface area contributed by atoms with Gasteiger partial charge in [0.1, 0.15) is 18.9 Å². The summed E-state index contributed by atoms with van der Waals surface area (Å²) >= 11 is 3.45. The number of likely N-dealkylation sites (tertiary alicyclic amines) is 1. The van der Waals surface area contributed by atoms with Gasteiger partial charge in [-0.1, -0.05) is 22.0 Å². The van der Waals surface area contributed by atoms with E-state index in [0.717, 1.165) is 23.4 Å². The van der Waals surface area contributed by atoms with Crippen LogP contribution >= 0.6 is 15.9 Å². The Hall–Kier alpha value is -0.540. The topological polar surface area (TPSA) is 9.23 Å². The molecule has 1 aromatic rings. The van der Waals surface area contributed by atoms with Gasteiger partial charge in [0, 0.05) is 17.3 Å². The summed E-state index contributed by atoms with van der Waals surface area (Å²) < 4.78 is 8.02. The molecule has 0 bridgehead atoms. The first kappa shape index (κ1) is 11.9. The lowest BCUT2D eigenvalue weighted by molar-refractivity contribution is -0.897. The van der Waals surface area contributed by atoms with E-state index in [1.807, 2.05) is 24.3 Å². The number of ether oxygens (including phenoxy) is 1. The van der Waals surface area contributed by atoms with Crippen molar-refractivity contribution in [3.05, 3.63) is 28.7 Å². The molecule has 0 unspecified atom stereocenters. The maximum absolute atomic E-state index is 5.77. The molecule has 0 aromatic heterocycles. The van der Waals surface area contributed by atoms with E-state index in [-0.39, 0.29) is 0 Å². The van der Waals surface area contributed by atoms with Gasteiger partial charge in [-0.3, -0.25) is 0 Å². The molecule has 16 heavy (non-hydrogen) atoms. The highest BCUT2D eigenvalue weighted by Crippen LogP contribution is 2.19. The second-order valence-electron chi connectivity index (χ2n) is 4.80. The number of likely N-dealkylation sites (N-methyl/N-ethyl adjacent to an activating group) is 1. The SMILES string of the molecule is C[N+]1(CCOc2cccc(Br)c2)CCCC1. The second kappa shape index (κ2) is 5.19. The van der Waals surface area contributed by atoms with Crippen molar-refractivity contribution >= 4 is 15.9 Å². The Balaban J connectivity index is 1.79. The van der Waals surface area contributed by atoms with Crippen molar-refractivity contribution in [2.45, 2.75) is 12.8 Å². The van der Waals surface area contributed by atoms with Crippen LogP contribution < -0.4 is 4.74 Å². The lowest BCUT2D eigenvalue weighted by Gasteiger charge is -2.28. The number of hydrogen-bond acceptors (Lipinski definition) is 1. The Kier molecular flexibility index (Phi) is 3.87. The number of quaternary nitrogens is 1. The zero-order valence-corrected chi connectivity index (χ0v) is 11.4. The molecule has 2 rings (SSSR count). The first-order valence-corrected chi connectivity index (χ1v) is 6.69. The van der Waals surface area contributed by atoms with Gasteiger partial charge < -0.3 is 9.22 Å². The molecule has 0 N–H and O–H groups in total. The molecule has 0 aliphatic carbocycles. The van der Waals surface area contributed by atoms with Gasteiger partial charge in [-0.15, -0.1) is 0 Å². The van der Waals surface area contributed by atoms with E-state index in [0.29, 0.717) is 0 Å². The molecular weight excluding hydrogens is 266 g/mol. The third-order valence-corrected chi connectivity index (χ3v) is 3.84. The molecule has 0 saturated carbocycles. The Morgan fingerprint density at radius 3 is 2.75 bits per heavy atom. The van der Waals surface area contributed by atoms with Crippen molar-refractivity contribution in [2.24, 2.45) is 0 Å². The monoisotopic (exact) mass is 284 g/mol. The van der Waals surface area contributed by atoms with Gasteiger partial charge in [-0.05, 0) is 18.2 Å². The summed E-state index contributed by atoms with van der Waals surface area (Å²) in [6.07, 6.45) is 2.74. The van der Waals surface area contributed by atoms with Crippen LogP contribution in [0.25, 0.3) is 0 Å². The molecule has 1 saturated heterocycles. The van der Waals surface area contributed by atoms with E-state index in [4.69, 9.17) is 4.74 Å². The number of benzene rings is 1. The van der Waals surface area contributed by atoms with Crippen molar-refractivity contribution in [1.82, 2.24) is 0 Å². The van der Waals surface area contributed by atoms with Crippen LogP contribution in [-0.2, 0) is 0 Å². The average molecular weight is 285 g/mol. The minimum absolute atomic E-state index is 0.812. The van der Waals surface area contributed by atoms with Crippen LogP contribution in [0.2, 0.25) is 0 Å². The Bertz CT molecular complexity index is 348. The van der Waals surface area contributed by atoms with Crippen LogP contribution in [0, 0.1) is 0 Å². The zero-order chi connectivity index (χ0) is 11.4. The van der Waals surface area contributed by atoms with Gasteiger partial charge in [0.2, 0.25) is 0 Å². The first-order valence-electron chi connectivity index (χ1n) is 5.90. The summed E-state index contributed by atoms with van der Waals surface area (Å²) in [6.45, 7) is 4.54. The van der Waals surface area contributed by atoms with E-state index in [1.165, 1.54) is 30.4 Å². The number of halogens is 1. The fourth-order valence-corrected chi connectivity index (χ4v) is 2.64. The number of nitrogens with zero attached hydrogens (tertiary/aromatic N) is 1. The first-order chi connectivity index (χ1) is 7.68. The summed E-state index contributed by atoms with van der Waals surface area (Å²) in [5.74, 6) is 0.958. The lowest BCUT2D eigenvalue weighted by atomic mass is 10.3. The van der Waals surface area contributed by atoms with Crippen molar-refractivity contribution < 1.29 is 9.22 Å². The van der Waals surface area contributed by atoms with Crippen LogP contribution in [0.5, 0.6) is 5.75 Å². The zero-order valence-electron chi connectivity index (χ0n) is 9.79. The molecule has 1 fully saturated rings. The summed E-state index contributed by atoms with van der Waals surface area (Å²) in [4.78, 5) is 0. The number of hydrogen-bond donors (Lipinski definition) is 0. The third-order valence-electron chi connectivity index (χ3n) is 3.34.